The molecular formula is C12H15BF3NO2. The van der Waals surface area contributed by atoms with Crippen LogP contribution < -0.4 is 5.46 Å². The number of halogens is 3. The Balaban J connectivity index is 2.12. The standard InChI is InChI=1S/C12H15BF3NO2/c1-17-5-7-18-13(19-8-6-17)11-4-2-3-10(9-11)12(14,15)16/h2-4,9H,5-8H2,1H3. The van der Waals surface area contributed by atoms with Crippen LogP contribution in [0.2, 0.25) is 0 Å². The molecule has 1 saturated heterocycles. The third-order valence-electron chi connectivity index (χ3n) is 2.97. The van der Waals surface area contributed by atoms with Gasteiger partial charge in [0.25, 0.3) is 0 Å². The molecule has 0 bridgehead atoms. The Morgan fingerprint density at radius 3 is 2.37 bits per heavy atom. The molecule has 7 heteroatoms. The van der Waals surface area contributed by atoms with Crippen molar-refractivity contribution >= 4 is 12.6 Å². The van der Waals surface area contributed by atoms with Crippen molar-refractivity contribution in [3.05, 3.63) is 29.8 Å². The summed E-state index contributed by atoms with van der Waals surface area (Å²) in [6, 6.07) is 5.08. The van der Waals surface area contributed by atoms with Crippen LogP contribution in [-0.2, 0) is 15.5 Å². The zero-order valence-corrected chi connectivity index (χ0v) is 10.6. The molecule has 0 aliphatic carbocycles. The van der Waals surface area contributed by atoms with Gasteiger partial charge in [0.1, 0.15) is 0 Å². The first-order valence-corrected chi connectivity index (χ1v) is 6.06. The normalized spacial score (nSPS) is 19.1. The number of hydrogen-bond donors (Lipinski definition) is 0. The zero-order chi connectivity index (χ0) is 13.9. The van der Waals surface area contributed by atoms with Gasteiger partial charge in [-0.25, -0.2) is 0 Å². The quantitative estimate of drug-likeness (QED) is 0.721. The van der Waals surface area contributed by atoms with E-state index in [4.69, 9.17) is 9.31 Å². The lowest BCUT2D eigenvalue weighted by Crippen LogP contribution is -2.43. The van der Waals surface area contributed by atoms with E-state index in [-0.39, 0.29) is 0 Å². The number of rotatable bonds is 1. The van der Waals surface area contributed by atoms with E-state index in [1.165, 1.54) is 6.07 Å². The van der Waals surface area contributed by atoms with Crippen molar-refractivity contribution in [1.29, 1.82) is 0 Å². The summed E-state index contributed by atoms with van der Waals surface area (Å²) in [4.78, 5) is 2.04. The van der Waals surface area contributed by atoms with Crippen LogP contribution in [0, 0.1) is 0 Å². The summed E-state index contributed by atoms with van der Waals surface area (Å²) < 4.78 is 48.9. The minimum absolute atomic E-state index is 0.402. The smallest absolute Gasteiger partial charge is 0.406 e. The molecule has 1 aliphatic rings. The van der Waals surface area contributed by atoms with Crippen LogP contribution in [0.25, 0.3) is 0 Å². The molecule has 3 nitrogen and oxygen atoms in total. The zero-order valence-electron chi connectivity index (χ0n) is 10.6. The highest BCUT2D eigenvalue weighted by atomic mass is 19.4. The molecule has 0 N–H and O–H groups in total. The van der Waals surface area contributed by atoms with E-state index in [9.17, 15) is 13.2 Å². The number of nitrogens with zero attached hydrogens (tertiary/aromatic N) is 1. The van der Waals surface area contributed by atoms with Crippen molar-refractivity contribution in [1.82, 2.24) is 4.90 Å². The summed E-state index contributed by atoms with van der Waals surface area (Å²) in [5.41, 5.74) is -0.282. The molecule has 0 spiro atoms. The largest absolute Gasteiger partial charge is 0.493 e. The summed E-state index contributed by atoms with van der Waals surface area (Å²) in [6.07, 6.45) is -4.35. The maximum atomic E-state index is 12.6. The van der Waals surface area contributed by atoms with E-state index >= 15 is 0 Å². The highest BCUT2D eigenvalue weighted by Crippen LogP contribution is 2.28. The summed E-state index contributed by atoms with van der Waals surface area (Å²) >= 11 is 0. The number of benzene rings is 1. The molecule has 0 amide bonds. The molecular weight excluding hydrogens is 258 g/mol. The molecule has 0 unspecified atom stereocenters. The number of hydrogen-bond acceptors (Lipinski definition) is 3. The third kappa shape index (κ3) is 3.96. The molecule has 0 radical (unpaired) electrons. The van der Waals surface area contributed by atoms with E-state index in [1.54, 1.807) is 6.07 Å². The lowest BCUT2D eigenvalue weighted by atomic mass is 9.78. The Morgan fingerprint density at radius 2 is 1.79 bits per heavy atom. The van der Waals surface area contributed by atoms with E-state index < -0.39 is 18.9 Å². The van der Waals surface area contributed by atoms with Crippen LogP contribution in [0.5, 0.6) is 0 Å². The van der Waals surface area contributed by atoms with Gasteiger partial charge in [-0.3, -0.25) is 0 Å². The Hall–Kier alpha value is -1.05. The lowest BCUT2D eigenvalue weighted by Gasteiger charge is -2.24. The van der Waals surface area contributed by atoms with Crippen LogP contribution >= 0.6 is 0 Å². The Kier molecular flexibility index (Phi) is 4.49. The second kappa shape index (κ2) is 5.94. The topological polar surface area (TPSA) is 21.7 Å². The average Bonchev–Trinajstić information content (AvgIpc) is 2.33. The fourth-order valence-electron chi connectivity index (χ4n) is 1.85. The van der Waals surface area contributed by atoms with Gasteiger partial charge in [0.2, 0.25) is 0 Å². The molecule has 1 aromatic carbocycles. The van der Waals surface area contributed by atoms with Gasteiger partial charge < -0.3 is 14.2 Å². The van der Waals surface area contributed by atoms with Gasteiger partial charge in [-0.1, -0.05) is 24.3 Å². The van der Waals surface area contributed by atoms with E-state index in [0.717, 1.165) is 25.2 Å². The molecule has 1 aromatic rings. The van der Waals surface area contributed by atoms with Gasteiger partial charge in [-0.15, -0.1) is 0 Å². The Morgan fingerprint density at radius 1 is 1.16 bits per heavy atom. The maximum Gasteiger partial charge on any atom is 0.493 e. The minimum atomic E-state index is -4.35. The minimum Gasteiger partial charge on any atom is -0.406 e. The molecule has 0 atom stereocenters. The van der Waals surface area contributed by atoms with Gasteiger partial charge in [0.05, 0.1) is 5.56 Å². The van der Waals surface area contributed by atoms with E-state index in [1.807, 2.05) is 11.9 Å². The van der Waals surface area contributed by atoms with Crippen molar-refractivity contribution in [2.75, 3.05) is 33.4 Å². The van der Waals surface area contributed by atoms with Crippen molar-refractivity contribution in [2.45, 2.75) is 6.18 Å². The van der Waals surface area contributed by atoms with Gasteiger partial charge >= 0.3 is 13.3 Å². The average molecular weight is 273 g/mol. The molecule has 0 saturated carbocycles. The first kappa shape index (κ1) is 14.4. The van der Waals surface area contributed by atoms with Crippen LogP contribution in [0.3, 0.4) is 0 Å². The van der Waals surface area contributed by atoms with Crippen LogP contribution in [0.1, 0.15) is 5.56 Å². The van der Waals surface area contributed by atoms with Crippen molar-refractivity contribution in [3.63, 3.8) is 0 Å². The molecule has 1 fully saturated rings. The second-order valence-electron chi connectivity index (χ2n) is 4.50. The monoisotopic (exact) mass is 273 g/mol. The molecule has 0 aromatic heterocycles. The summed E-state index contributed by atoms with van der Waals surface area (Å²) in [6.45, 7) is 2.33. The predicted molar refractivity (Wildman–Crippen MR) is 66.2 cm³/mol. The SMILES string of the molecule is CN1CCOB(c2cccc(C(F)(F)F)c2)OCC1. The molecule has 104 valence electrons. The molecule has 1 heterocycles. The van der Waals surface area contributed by atoms with Gasteiger partial charge in [0, 0.05) is 26.3 Å². The second-order valence-corrected chi connectivity index (χ2v) is 4.50. The van der Waals surface area contributed by atoms with Crippen molar-refractivity contribution in [2.24, 2.45) is 0 Å². The van der Waals surface area contributed by atoms with E-state index in [2.05, 4.69) is 0 Å². The fourth-order valence-corrected chi connectivity index (χ4v) is 1.85. The summed E-state index contributed by atoms with van der Waals surface area (Å²) in [5, 5.41) is 0. The molecule has 2 rings (SSSR count). The highest BCUT2D eigenvalue weighted by molar-refractivity contribution is 6.61. The van der Waals surface area contributed by atoms with Crippen molar-refractivity contribution < 1.29 is 22.5 Å². The summed E-state index contributed by atoms with van der Waals surface area (Å²) in [5.74, 6) is 0. The third-order valence-corrected chi connectivity index (χ3v) is 2.97. The lowest BCUT2D eigenvalue weighted by molar-refractivity contribution is -0.137. The highest BCUT2D eigenvalue weighted by Gasteiger charge is 2.32. The first-order chi connectivity index (χ1) is 8.97. The van der Waals surface area contributed by atoms with Gasteiger partial charge in [-0.2, -0.15) is 13.2 Å². The predicted octanol–water partition coefficient (Wildman–Crippen LogP) is 1.38. The molecule has 19 heavy (non-hydrogen) atoms. The first-order valence-electron chi connectivity index (χ1n) is 6.06. The summed E-state index contributed by atoms with van der Waals surface area (Å²) in [7, 11) is 1.22. The van der Waals surface area contributed by atoms with Gasteiger partial charge in [0.15, 0.2) is 0 Å². The number of alkyl halides is 3. The Bertz CT molecular complexity index is 418. The van der Waals surface area contributed by atoms with Crippen LogP contribution in [0.15, 0.2) is 24.3 Å². The van der Waals surface area contributed by atoms with Crippen LogP contribution in [0.4, 0.5) is 13.2 Å². The van der Waals surface area contributed by atoms with Crippen molar-refractivity contribution in [3.8, 4) is 0 Å². The number of likely N-dealkylation sites (N-methyl/N-ethyl adjacent to an activating group) is 1. The molecule has 1 aliphatic heterocycles. The maximum absolute atomic E-state index is 12.6. The van der Waals surface area contributed by atoms with Crippen LogP contribution in [-0.4, -0.2) is 45.4 Å². The van der Waals surface area contributed by atoms with Gasteiger partial charge in [-0.05, 0) is 12.5 Å². The van der Waals surface area contributed by atoms with E-state index in [0.29, 0.717) is 18.7 Å². The Labute approximate surface area is 110 Å². The fraction of sp³-hybridized carbons (Fsp3) is 0.500.